The molecule has 0 saturated carbocycles. The number of hydrogen-bond donors (Lipinski definition) is 1. The molecule has 1 rings (SSSR count). The lowest BCUT2D eigenvalue weighted by atomic mass is 10.2. The van der Waals surface area contributed by atoms with Crippen LogP contribution in [0, 0.1) is 11.3 Å². The van der Waals surface area contributed by atoms with Crippen molar-refractivity contribution in [3.8, 4) is 6.07 Å². The molecule has 0 fully saturated rings. The van der Waals surface area contributed by atoms with E-state index in [9.17, 15) is 0 Å². The van der Waals surface area contributed by atoms with E-state index in [4.69, 9.17) is 16.9 Å². The van der Waals surface area contributed by atoms with Crippen molar-refractivity contribution in [2.75, 3.05) is 17.3 Å². The molecule has 1 aromatic rings. The van der Waals surface area contributed by atoms with Crippen LogP contribution in [0.5, 0.6) is 0 Å². The molecule has 1 aromatic carbocycles. The standard InChI is InChI=1S/C12H15ClN2S/c1-9(5-6-16-2)15-11-4-3-10(8-14)12(13)7-11/h3-4,7,9,15H,5-6H2,1-2H3. The molecule has 2 nitrogen and oxygen atoms in total. The van der Waals surface area contributed by atoms with Gasteiger partial charge in [-0.2, -0.15) is 17.0 Å². The van der Waals surface area contributed by atoms with E-state index in [2.05, 4.69) is 18.5 Å². The summed E-state index contributed by atoms with van der Waals surface area (Å²) in [6.45, 7) is 2.14. The molecule has 0 spiro atoms. The molecule has 0 aliphatic carbocycles. The van der Waals surface area contributed by atoms with Crippen molar-refractivity contribution < 1.29 is 0 Å². The molecule has 0 aliphatic heterocycles. The van der Waals surface area contributed by atoms with Crippen LogP contribution in [0.4, 0.5) is 5.69 Å². The summed E-state index contributed by atoms with van der Waals surface area (Å²) in [5.41, 5.74) is 1.49. The van der Waals surface area contributed by atoms with Gasteiger partial charge >= 0.3 is 0 Å². The van der Waals surface area contributed by atoms with E-state index >= 15 is 0 Å². The Labute approximate surface area is 106 Å². The number of hydrogen-bond acceptors (Lipinski definition) is 3. The molecule has 0 bridgehead atoms. The quantitative estimate of drug-likeness (QED) is 0.869. The zero-order chi connectivity index (χ0) is 12.0. The lowest BCUT2D eigenvalue weighted by molar-refractivity contribution is 0.772. The van der Waals surface area contributed by atoms with Crippen molar-refractivity contribution in [1.29, 1.82) is 5.26 Å². The van der Waals surface area contributed by atoms with E-state index in [1.54, 1.807) is 12.1 Å². The van der Waals surface area contributed by atoms with Gasteiger partial charge in [-0.3, -0.25) is 0 Å². The number of nitrogens with one attached hydrogen (secondary N) is 1. The third-order valence-electron chi connectivity index (χ3n) is 2.26. The monoisotopic (exact) mass is 254 g/mol. The molecular weight excluding hydrogens is 240 g/mol. The molecule has 4 heteroatoms. The highest BCUT2D eigenvalue weighted by Gasteiger charge is 2.04. The Kier molecular flexibility index (Phi) is 5.51. The predicted molar refractivity (Wildman–Crippen MR) is 72.3 cm³/mol. The lowest BCUT2D eigenvalue weighted by Crippen LogP contribution is -2.15. The Bertz CT molecular complexity index is 387. The maximum atomic E-state index is 8.75. The van der Waals surface area contributed by atoms with E-state index in [1.165, 1.54) is 0 Å². The Morgan fingerprint density at radius 1 is 1.56 bits per heavy atom. The highest BCUT2D eigenvalue weighted by Crippen LogP contribution is 2.21. The molecule has 0 aromatic heterocycles. The molecule has 0 aliphatic rings. The van der Waals surface area contributed by atoms with Gasteiger partial charge in [0.1, 0.15) is 6.07 Å². The molecule has 1 N–H and O–H groups in total. The summed E-state index contributed by atoms with van der Waals surface area (Å²) in [5.74, 6) is 1.14. The first kappa shape index (κ1) is 13.2. The van der Waals surface area contributed by atoms with Gasteiger partial charge in [0.2, 0.25) is 0 Å². The van der Waals surface area contributed by atoms with E-state index < -0.39 is 0 Å². The van der Waals surface area contributed by atoms with Gasteiger partial charge in [0, 0.05) is 11.7 Å². The zero-order valence-corrected chi connectivity index (χ0v) is 11.0. The van der Waals surface area contributed by atoms with Crippen molar-refractivity contribution in [3.05, 3.63) is 28.8 Å². The SMILES string of the molecule is CSCCC(C)Nc1ccc(C#N)c(Cl)c1. The largest absolute Gasteiger partial charge is 0.383 e. The predicted octanol–water partition coefficient (Wildman–Crippen LogP) is 3.77. The van der Waals surface area contributed by atoms with Gasteiger partial charge in [-0.25, -0.2) is 0 Å². The average molecular weight is 255 g/mol. The second kappa shape index (κ2) is 6.67. The number of nitriles is 1. The number of thioether (sulfide) groups is 1. The molecule has 86 valence electrons. The minimum absolute atomic E-state index is 0.413. The normalized spacial score (nSPS) is 11.9. The molecular formula is C12H15ClN2S. The summed E-state index contributed by atoms with van der Waals surface area (Å²) >= 11 is 7.79. The van der Waals surface area contributed by atoms with Crippen molar-refractivity contribution in [2.45, 2.75) is 19.4 Å². The van der Waals surface area contributed by atoms with Crippen LogP contribution < -0.4 is 5.32 Å². The maximum Gasteiger partial charge on any atom is 0.101 e. The molecule has 0 heterocycles. The summed E-state index contributed by atoms with van der Waals surface area (Å²) in [4.78, 5) is 0. The Morgan fingerprint density at radius 2 is 2.31 bits per heavy atom. The number of nitrogens with zero attached hydrogens (tertiary/aromatic N) is 1. The van der Waals surface area contributed by atoms with Crippen LogP contribution in [0.15, 0.2) is 18.2 Å². The average Bonchev–Trinajstić information content (AvgIpc) is 2.26. The van der Waals surface area contributed by atoms with E-state index in [1.807, 2.05) is 23.9 Å². The van der Waals surface area contributed by atoms with Gasteiger partial charge in [-0.1, -0.05) is 11.6 Å². The third kappa shape index (κ3) is 3.96. The van der Waals surface area contributed by atoms with Gasteiger partial charge in [0.05, 0.1) is 10.6 Å². The van der Waals surface area contributed by atoms with Crippen LogP contribution in [0.25, 0.3) is 0 Å². The number of rotatable bonds is 5. The highest BCUT2D eigenvalue weighted by molar-refractivity contribution is 7.98. The van der Waals surface area contributed by atoms with E-state index in [0.29, 0.717) is 16.6 Å². The van der Waals surface area contributed by atoms with Crippen LogP contribution >= 0.6 is 23.4 Å². The Hall–Kier alpha value is -0.850. The highest BCUT2D eigenvalue weighted by atomic mass is 35.5. The number of halogens is 1. The molecule has 0 amide bonds. The van der Waals surface area contributed by atoms with Gasteiger partial charge < -0.3 is 5.32 Å². The van der Waals surface area contributed by atoms with Gasteiger partial charge in [0.15, 0.2) is 0 Å². The van der Waals surface area contributed by atoms with Gasteiger partial charge in [-0.15, -0.1) is 0 Å². The van der Waals surface area contributed by atoms with Crippen LogP contribution in [-0.4, -0.2) is 18.1 Å². The smallest absolute Gasteiger partial charge is 0.101 e. The fourth-order valence-electron chi connectivity index (χ4n) is 1.35. The van der Waals surface area contributed by atoms with E-state index in [0.717, 1.165) is 17.9 Å². The van der Waals surface area contributed by atoms with Crippen LogP contribution in [0.1, 0.15) is 18.9 Å². The first-order chi connectivity index (χ1) is 7.67. The van der Waals surface area contributed by atoms with Crippen molar-refractivity contribution >= 4 is 29.1 Å². The fourth-order valence-corrected chi connectivity index (χ4v) is 2.16. The Balaban J connectivity index is 2.61. The maximum absolute atomic E-state index is 8.75. The summed E-state index contributed by atoms with van der Waals surface area (Å²) in [7, 11) is 0. The molecule has 1 unspecified atom stereocenters. The first-order valence-electron chi connectivity index (χ1n) is 5.12. The topological polar surface area (TPSA) is 35.8 Å². The van der Waals surface area contributed by atoms with Crippen molar-refractivity contribution in [3.63, 3.8) is 0 Å². The summed E-state index contributed by atoms with van der Waals surface area (Å²) < 4.78 is 0. The molecule has 0 radical (unpaired) electrons. The van der Waals surface area contributed by atoms with Crippen LogP contribution in [0.2, 0.25) is 5.02 Å². The fraction of sp³-hybridized carbons (Fsp3) is 0.417. The molecule has 1 atom stereocenters. The third-order valence-corrected chi connectivity index (χ3v) is 3.21. The van der Waals surface area contributed by atoms with E-state index in [-0.39, 0.29) is 0 Å². The van der Waals surface area contributed by atoms with Gasteiger partial charge in [-0.05, 0) is 43.6 Å². The first-order valence-corrected chi connectivity index (χ1v) is 6.89. The van der Waals surface area contributed by atoms with Crippen molar-refractivity contribution in [1.82, 2.24) is 0 Å². The zero-order valence-electron chi connectivity index (χ0n) is 9.46. The summed E-state index contributed by atoms with van der Waals surface area (Å²) in [6, 6.07) is 7.89. The number of anilines is 1. The van der Waals surface area contributed by atoms with Crippen molar-refractivity contribution in [2.24, 2.45) is 0 Å². The summed E-state index contributed by atoms with van der Waals surface area (Å²) in [6.07, 6.45) is 3.21. The van der Waals surface area contributed by atoms with Gasteiger partial charge in [0.25, 0.3) is 0 Å². The second-order valence-corrected chi connectivity index (χ2v) is 5.03. The number of benzene rings is 1. The van der Waals surface area contributed by atoms with Crippen LogP contribution in [0.3, 0.4) is 0 Å². The molecule has 16 heavy (non-hydrogen) atoms. The van der Waals surface area contributed by atoms with Crippen LogP contribution in [-0.2, 0) is 0 Å². The lowest BCUT2D eigenvalue weighted by Gasteiger charge is -2.14. The second-order valence-electron chi connectivity index (χ2n) is 3.63. The summed E-state index contributed by atoms with van der Waals surface area (Å²) in [5, 5.41) is 12.6. The minimum Gasteiger partial charge on any atom is -0.383 e. The molecule has 0 saturated heterocycles. The minimum atomic E-state index is 0.413. The Morgan fingerprint density at radius 3 is 2.88 bits per heavy atom.